The van der Waals surface area contributed by atoms with E-state index in [1.165, 1.54) is 77.2 Å². The maximum absolute atomic E-state index is 5.20. The van der Waals surface area contributed by atoms with Crippen LogP contribution in [0, 0.1) is 0 Å². The van der Waals surface area contributed by atoms with Gasteiger partial charge in [-0.05, 0) is 140 Å². The Labute approximate surface area is 322 Å². The Morgan fingerprint density at radius 3 is 1.84 bits per heavy atom. The Balaban J connectivity index is 1.07. The van der Waals surface area contributed by atoms with Gasteiger partial charge in [-0.1, -0.05) is 146 Å². The van der Waals surface area contributed by atoms with Crippen molar-refractivity contribution in [3.05, 3.63) is 197 Å². The highest BCUT2D eigenvalue weighted by atomic mass is 15.1. The van der Waals surface area contributed by atoms with Crippen LogP contribution >= 0.6 is 0 Å². The first-order valence-electron chi connectivity index (χ1n) is 19.8. The van der Waals surface area contributed by atoms with Crippen molar-refractivity contribution in [3.63, 3.8) is 0 Å². The molecule has 3 aliphatic rings. The standard InChI is InChI=1S/C53H40N2/c1-2-16-44(17-3-1)55-50-21-11-10-20-49(50)54-53(55)38-26-22-37(23-27-38)41-30-31-47-48(34-41)52(43-29-25-36-13-5-7-15-40(36)33-43)46-19-9-8-18-45(46)51(47)42-28-24-35-12-4-6-14-39(35)32-42/h1-5,8-13,16-26,28-34,38H,6-7,14-15,27H2. The van der Waals surface area contributed by atoms with Gasteiger partial charge in [0.25, 0.3) is 0 Å². The number of hydrogen-bond donors (Lipinski definition) is 0. The minimum atomic E-state index is 0.173. The number of nitrogens with zero attached hydrogens (tertiary/aromatic N) is 2. The summed E-state index contributed by atoms with van der Waals surface area (Å²) in [4.78, 5) is 5.20. The number of fused-ring (bicyclic) bond motifs is 5. The molecule has 7 aromatic carbocycles. The highest BCUT2D eigenvalue weighted by Gasteiger charge is 2.23. The van der Waals surface area contributed by atoms with Crippen LogP contribution in [0.2, 0.25) is 0 Å². The molecule has 0 spiro atoms. The molecule has 0 bridgehead atoms. The van der Waals surface area contributed by atoms with Crippen LogP contribution in [-0.2, 0) is 12.8 Å². The van der Waals surface area contributed by atoms with Crippen molar-refractivity contribution in [3.8, 4) is 27.9 Å². The lowest BCUT2D eigenvalue weighted by atomic mass is 9.82. The summed E-state index contributed by atoms with van der Waals surface area (Å²) in [5.41, 5.74) is 16.6. The molecule has 8 aromatic rings. The number of allylic oxidation sites excluding steroid dienone is 6. The normalized spacial score (nSPS) is 16.1. The van der Waals surface area contributed by atoms with Gasteiger partial charge in [0, 0.05) is 11.6 Å². The Morgan fingerprint density at radius 2 is 1.15 bits per heavy atom. The number of imidazole rings is 1. The summed E-state index contributed by atoms with van der Waals surface area (Å²) in [5.74, 6) is 1.25. The van der Waals surface area contributed by atoms with Crippen molar-refractivity contribution >= 4 is 50.3 Å². The zero-order valence-electron chi connectivity index (χ0n) is 30.8. The van der Waals surface area contributed by atoms with Gasteiger partial charge >= 0.3 is 0 Å². The van der Waals surface area contributed by atoms with Gasteiger partial charge in [-0.15, -0.1) is 0 Å². The zero-order chi connectivity index (χ0) is 36.3. The zero-order valence-corrected chi connectivity index (χ0v) is 30.8. The van der Waals surface area contributed by atoms with Gasteiger partial charge in [0.1, 0.15) is 5.82 Å². The van der Waals surface area contributed by atoms with Crippen LogP contribution in [0.15, 0.2) is 164 Å². The third kappa shape index (κ3) is 5.43. The molecule has 2 nitrogen and oxygen atoms in total. The predicted octanol–water partition coefficient (Wildman–Crippen LogP) is 13.7. The van der Waals surface area contributed by atoms with Crippen LogP contribution in [0.1, 0.15) is 58.8 Å². The van der Waals surface area contributed by atoms with Gasteiger partial charge in [-0.2, -0.15) is 0 Å². The highest BCUT2D eigenvalue weighted by Crippen LogP contribution is 2.46. The number of rotatable bonds is 5. The summed E-state index contributed by atoms with van der Waals surface area (Å²) in [6.07, 6.45) is 21.5. The van der Waals surface area contributed by atoms with E-state index < -0.39 is 0 Å². The number of aryl methyl sites for hydroxylation is 2. The molecule has 1 unspecified atom stereocenters. The monoisotopic (exact) mass is 704 g/mol. The van der Waals surface area contributed by atoms with Gasteiger partial charge in [0.05, 0.1) is 11.0 Å². The molecule has 0 fully saturated rings. The predicted molar refractivity (Wildman–Crippen MR) is 233 cm³/mol. The number of hydrogen-bond acceptors (Lipinski definition) is 1. The van der Waals surface area contributed by atoms with Crippen molar-refractivity contribution in [1.82, 2.24) is 9.55 Å². The highest BCUT2D eigenvalue weighted by molar-refractivity contribution is 6.22. The molecule has 0 saturated heterocycles. The Bertz CT molecular complexity index is 2950. The molecular weight excluding hydrogens is 665 g/mol. The van der Waals surface area contributed by atoms with E-state index in [2.05, 4.69) is 181 Å². The smallest absolute Gasteiger partial charge is 0.121 e. The van der Waals surface area contributed by atoms with Crippen LogP contribution in [0.3, 0.4) is 0 Å². The van der Waals surface area contributed by atoms with E-state index in [1.807, 2.05) is 0 Å². The van der Waals surface area contributed by atoms with E-state index in [9.17, 15) is 0 Å². The summed E-state index contributed by atoms with van der Waals surface area (Å²) in [6, 6.07) is 49.7. The second kappa shape index (κ2) is 13.1. The van der Waals surface area contributed by atoms with Crippen LogP contribution < -0.4 is 0 Å². The molecule has 1 atom stereocenters. The van der Waals surface area contributed by atoms with Gasteiger partial charge in [0.15, 0.2) is 0 Å². The first kappa shape index (κ1) is 32.0. The Kier molecular flexibility index (Phi) is 7.62. The fourth-order valence-corrected chi connectivity index (χ4v) is 9.33. The molecule has 0 amide bonds. The first-order valence-corrected chi connectivity index (χ1v) is 19.8. The lowest BCUT2D eigenvalue weighted by Gasteiger charge is -2.22. The van der Waals surface area contributed by atoms with E-state index in [0.717, 1.165) is 54.6 Å². The summed E-state index contributed by atoms with van der Waals surface area (Å²) in [5, 5.41) is 5.22. The summed E-state index contributed by atoms with van der Waals surface area (Å²) >= 11 is 0. The minimum Gasteiger partial charge on any atom is -0.296 e. The third-order valence-corrected chi connectivity index (χ3v) is 12.0. The maximum atomic E-state index is 5.20. The summed E-state index contributed by atoms with van der Waals surface area (Å²) in [6.45, 7) is 0. The molecule has 3 aliphatic carbocycles. The Morgan fingerprint density at radius 1 is 0.527 bits per heavy atom. The molecular formula is C53H40N2. The number of benzene rings is 7. The van der Waals surface area contributed by atoms with Crippen LogP contribution in [0.4, 0.5) is 0 Å². The largest absolute Gasteiger partial charge is 0.296 e. The average Bonchev–Trinajstić information content (AvgIpc) is 3.65. The molecule has 0 radical (unpaired) electrons. The fraction of sp³-hybridized carbons (Fsp3) is 0.113. The molecule has 2 heteroatoms. The van der Waals surface area contributed by atoms with E-state index in [4.69, 9.17) is 4.98 Å². The minimum absolute atomic E-state index is 0.173. The van der Waals surface area contributed by atoms with E-state index in [-0.39, 0.29) is 5.92 Å². The van der Waals surface area contributed by atoms with Crippen molar-refractivity contribution in [2.75, 3.05) is 0 Å². The molecule has 0 N–H and O–H groups in total. The van der Waals surface area contributed by atoms with E-state index >= 15 is 0 Å². The van der Waals surface area contributed by atoms with Crippen molar-refractivity contribution in [2.24, 2.45) is 0 Å². The first-order chi connectivity index (χ1) is 27.3. The Hall–Kier alpha value is -6.51. The van der Waals surface area contributed by atoms with Crippen molar-refractivity contribution in [2.45, 2.75) is 38.0 Å². The van der Waals surface area contributed by atoms with Crippen LogP contribution in [-0.4, -0.2) is 9.55 Å². The molecule has 0 saturated carbocycles. The SMILES string of the molecule is C1=Cc2ccc(-c3c4ccccc4c(-c4ccc5c(c4)CCC=C5)c4cc(C5=CCC(c6nc7ccccc7n6-c6ccccc6)C=C5)ccc34)cc2CC1. The summed E-state index contributed by atoms with van der Waals surface area (Å²) < 4.78 is 2.34. The summed E-state index contributed by atoms with van der Waals surface area (Å²) in [7, 11) is 0. The van der Waals surface area contributed by atoms with E-state index in [0.29, 0.717) is 0 Å². The van der Waals surface area contributed by atoms with Crippen LogP contribution in [0.5, 0.6) is 0 Å². The second-order valence-electron chi connectivity index (χ2n) is 15.3. The lowest BCUT2D eigenvalue weighted by molar-refractivity contribution is 0.760. The molecule has 55 heavy (non-hydrogen) atoms. The van der Waals surface area contributed by atoms with Gasteiger partial charge in [-0.25, -0.2) is 4.98 Å². The fourth-order valence-electron chi connectivity index (χ4n) is 9.33. The average molecular weight is 705 g/mol. The molecule has 0 aliphatic heterocycles. The van der Waals surface area contributed by atoms with Crippen molar-refractivity contribution in [1.29, 1.82) is 0 Å². The molecule has 1 aromatic heterocycles. The lowest BCUT2D eigenvalue weighted by Crippen LogP contribution is -2.07. The molecule has 262 valence electrons. The van der Waals surface area contributed by atoms with Gasteiger partial charge in [0.2, 0.25) is 0 Å². The van der Waals surface area contributed by atoms with E-state index in [1.54, 1.807) is 0 Å². The second-order valence-corrected chi connectivity index (χ2v) is 15.3. The number of aromatic nitrogens is 2. The van der Waals surface area contributed by atoms with Gasteiger partial charge < -0.3 is 0 Å². The quantitative estimate of drug-likeness (QED) is 0.163. The molecule has 1 heterocycles. The third-order valence-electron chi connectivity index (χ3n) is 12.0. The topological polar surface area (TPSA) is 17.8 Å². The van der Waals surface area contributed by atoms with Crippen molar-refractivity contribution < 1.29 is 0 Å². The van der Waals surface area contributed by atoms with Gasteiger partial charge in [-0.3, -0.25) is 4.57 Å². The number of para-hydroxylation sites is 3. The molecule has 11 rings (SSSR count). The van der Waals surface area contributed by atoms with Crippen LogP contribution in [0.25, 0.3) is 78.2 Å². The maximum Gasteiger partial charge on any atom is 0.121 e.